The molecule has 0 unspecified atom stereocenters. The molecule has 1 aromatic heterocycles. The third kappa shape index (κ3) is 3.10. The molecule has 0 aliphatic rings. The topological polar surface area (TPSA) is 39.2 Å². The number of hydrogen-bond donors (Lipinski definition) is 0. The molecule has 0 aliphatic heterocycles. The molecule has 0 aliphatic carbocycles. The van der Waals surface area contributed by atoms with E-state index in [-0.39, 0.29) is 0 Å². The van der Waals surface area contributed by atoms with Crippen molar-refractivity contribution >= 4 is 73.2 Å². The van der Waals surface area contributed by atoms with E-state index in [0.29, 0.717) is 5.69 Å². The second kappa shape index (κ2) is 6.87. The Hall–Kier alpha value is -1.74. The maximum Gasteiger partial charge on any atom is 0.366 e. The zero-order valence-corrected chi connectivity index (χ0v) is 17.2. The number of rotatable bonds is 2. The number of nitrogens with zero attached hydrogens (tertiary/aromatic N) is 1. The first kappa shape index (κ1) is 16.7. The molecule has 0 bridgehead atoms. The molecule has 4 rings (SSSR count). The van der Waals surface area contributed by atoms with Gasteiger partial charge in [0.2, 0.25) is 0 Å². The van der Waals surface area contributed by atoms with Gasteiger partial charge in [0.1, 0.15) is 5.69 Å². The molecular weight excluding hydrogens is 540 g/mol. The van der Waals surface area contributed by atoms with Crippen LogP contribution in [0.1, 0.15) is 10.5 Å². The number of carbonyl (C=O) groups is 1. The molecule has 122 valence electrons. The molecule has 0 amide bonds. The van der Waals surface area contributed by atoms with Crippen molar-refractivity contribution in [3.63, 3.8) is 0 Å². The average molecular weight is 551 g/mol. The molecule has 3 aromatic carbocycles. The molecule has 3 nitrogen and oxygen atoms in total. The zero-order chi connectivity index (χ0) is 17.4. The summed E-state index contributed by atoms with van der Waals surface area (Å²) in [6, 6.07) is 22.3. The molecular formula is C20H11I2NO2. The van der Waals surface area contributed by atoms with Gasteiger partial charge >= 0.3 is 5.97 Å². The van der Waals surface area contributed by atoms with Gasteiger partial charge in [0, 0.05) is 14.5 Å². The van der Waals surface area contributed by atoms with Crippen molar-refractivity contribution in [3.8, 4) is 11.1 Å². The van der Waals surface area contributed by atoms with Crippen molar-refractivity contribution in [3.05, 3.63) is 76.0 Å². The van der Waals surface area contributed by atoms with Gasteiger partial charge in [0.25, 0.3) is 0 Å². The largest absolute Gasteiger partial charge is 0.390 e. The first-order chi connectivity index (χ1) is 12.2. The lowest BCUT2D eigenvalue weighted by Crippen LogP contribution is -2.02. The van der Waals surface area contributed by atoms with E-state index in [0.717, 1.165) is 31.0 Å². The van der Waals surface area contributed by atoms with Crippen LogP contribution >= 0.6 is 45.6 Å². The summed E-state index contributed by atoms with van der Waals surface area (Å²) in [4.78, 5) is 16.5. The highest BCUT2D eigenvalue weighted by atomic mass is 127. The van der Waals surface area contributed by atoms with Gasteiger partial charge in [-0.05, 0) is 57.1 Å². The van der Waals surface area contributed by atoms with E-state index in [1.54, 1.807) is 29.1 Å². The first-order valence-electron chi connectivity index (χ1n) is 7.59. The van der Waals surface area contributed by atoms with E-state index in [4.69, 9.17) is 3.07 Å². The Labute approximate surface area is 172 Å². The van der Waals surface area contributed by atoms with Gasteiger partial charge in [0.05, 0.1) is 5.52 Å². The van der Waals surface area contributed by atoms with Gasteiger partial charge < -0.3 is 3.07 Å². The Morgan fingerprint density at radius 1 is 0.880 bits per heavy atom. The minimum Gasteiger partial charge on any atom is -0.390 e. The van der Waals surface area contributed by atoms with E-state index in [1.807, 2.05) is 24.3 Å². The summed E-state index contributed by atoms with van der Waals surface area (Å²) in [6.07, 6.45) is 0. The van der Waals surface area contributed by atoms with Crippen LogP contribution in [0.2, 0.25) is 0 Å². The van der Waals surface area contributed by atoms with Crippen LogP contribution in [0, 0.1) is 3.57 Å². The number of benzene rings is 3. The third-order valence-electron chi connectivity index (χ3n) is 4.12. The maximum atomic E-state index is 11.9. The fourth-order valence-corrected chi connectivity index (χ4v) is 3.89. The summed E-state index contributed by atoms with van der Waals surface area (Å²) < 4.78 is 5.92. The monoisotopic (exact) mass is 551 g/mol. The standard InChI is InChI=1S/C20H11I2NO2/c21-14-10-13-8-9-18(20(24)25-22)23-19(13)17(11-14)16-7-3-5-12-4-1-2-6-15(12)16/h1-11H. The Morgan fingerprint density at radius 2 is 1.68 bits per heavy atom. The van der Waals surface area contributed by atoms with E-state index in [9.17, 15) is 4.79 Å². The van der Waals surface area contributed by atoms with Crippen LogP contribution in [0.5, 0.6) is 0 Å². The number of pyridine rings is 1. The minimum atomic E-state index is -0.440. The van der Waals surface area contributed by atoms with Gasteiger partial charge in [-0.1, -0.05) is 48.5 Å². The van der Waals surface area contributed by atoms with Crippen LogP contribution in [-0.2, 0) is 3.07 Å². The predicted molar refractivity (Wildman–Crippen MR) is 117 cm³/mol. The molecule has 1 heterocycles. The molecule has 0 saturated carbocycles. The Morgan fingerprint density at radius 3 is 2.52 bits per heavy atom. The number of hydrogen-bond acceptors (Lipinski definition) is 3. The van der Waals surface area contributed by atoms with Crippen molar-refractivity contribution in [1.82, 2.24) is 4.98 Å². The first-order valence-corrected chi connectivity index (χ1v) is 9.55. The Kier molecular flexibility index (Phi) is 4.60. The quantitative estimate of drug-likeness (QED) is 0.280. The van der Waals surface area contributed by atoms with Crippen LogP contribution in [0.3, 0.4) is 0 Å². The summed E-state index contributed by atoms with van der Waals surface area (Å²) in [6.45, 7) is 0. The van der Waals surface area contributed by atoms with Gasteiger partial charge in [-0.25, -0.2) is 9.78 Å². The Bertz CT molecular complexity index is 1120. The SMILES string of the molecule is O=C(OI)c1ccc2cc(I)cc(-c3cccc4ccccc34)c2n1. The van der Waals surface area contributed by atoms with Crippen molar-refractivity contribution in [2.45, 2.75) is 0 Å². The van der Waals surface area contributed by atoms with E-state index >= 15 is 0 Å². The average Bonchev–Trinajstić information content (AvgIpc) is 2.66. The van der Waals surface area contributed by atoms with Crippen LogP contribution in [0.25, 0.3) is 32.8 Å². The summed E-state index contributed by atoms with van der Waals surface area (Å²) in [5.74, 6) is -0.440. The summed E-state index contributed by atoms with van der Waals surface area (Å²) >= 11 is 3.90. The van der Waals surface area contributed by atoms with Gasteiger partial charge in [-0.15, -0.1) is 0 Å². The number of halogens is 2. The number of aromatic nitrogens is 1. The fourth-order valence-electron chi connectivity index (χ4n) is 3.02. The highest BCUT2D eigenvalue weighted by Gasteiger charge is 2.14. The Balaban J connectivity index is 2.07. The zero-order valence-electron chi connectivity index (χ0n) is 12.9. The van der Waals surface area contributed by atoms with Gasteiger partial charge in [-0.3, -0.25) is 0 Å². The van der Waals surface area contributed by atoms with Crippen molar-refractivity contribution in [1.29, 1.82) is 0 Å². The number of carbonyl (C=O) groups excluding carboxylic acids is 1. The second-order valence-corrected chi connectivity index (χ2v) is 7.30. The lowest BCUT2D eigenvalue weighted by Gasteiger charge is -2.11. The highest BCUT2D eigenvalue weighted by Crippen LogP contribution is 2.34. The van der Waals surface area contributed by atoms with Crippen molar-refractivity contribution in [2.75, 3.05) is 0 Å². The predicted octanol–water partition coefficient (Wildman–Crippen LogP) is 6.17. The molecule has 0 atom stereocenters. The van der Waals surface area contributed by atoms with E-state index in [2.05, 4.69) is 64.0 Å². The van der Waals surface area contributed by atoms with Gasteiger partial charge in [-0.2, -0.15) is 0 Å². The van der Waals surface area contributed by atoms with Crippen LogP contribution in [-0.4, -0.2) is 11.0 Å². The molecule has 25 heavy (non-hydrogen) atoms. The lowest BCUT2D eigenvalue weighted by atomic mass is 9.96. The van der Waals surface area contributed by atoms with Gasteiger partial charge in [0.15, 0.2) is 23.0 Å². The molecule has 0 N–H and O–H groups in total. The van der Waals surface area contributed by atoms with Crippen LogP contribution in [0.15, 0.2) is 66.7 Å². The summed E-state index contributed by atoms with van der Waals surface area (Å²) in [7, 11) is 0. The highest BCUT2D eigenvalue weighted by molar-refractivity contribution is 14.1. The van der Waals surface area contributed by atoms with E-state index < -0.39 is 5.97 Å². The number of fused-ring (bicyclic) bond motifs is 2. The smallest absolute Gasteiger partial charge is 0.366 e. The summed E-state index contributed by atoms with van der Waals surface area (Å²) in [5, 5.41) is 3.34. The van der Waals surface area contributed by atoms with Crippen LogP contribution in [0.4, 0.5) is 0 Å². The molecule has 4 aromatic rings. The second-order valence-electron chi connectivity index (χ2n) is 5.61. The van der Waals surface area contributed by atoms with E-state index in [1.165, 1.54) is 5.39 Å². The third-order valence-corrected chi connectivity index (χ3v) is 5.14. The summed E-state index contributed by atoms with van der Waals surface area (Å²) in [5.41, 5.74) is 3.23. The van der Waals surface area contributed by atoms with Crippen molar-refractivity contribution in [2.24, 2.45) is 0 Å². The minimum absolute atomic E-state index is 0.310. The molecule has 5 heteroatoms. The maximum absolute atomic E-state index is 11.9. The molecule has 0 radical (unpaired) electrons. The fraction of sp³-hybridized carbons (Fsp3) is 0. The van der Waals surface area contributed by atoms with Crippen LogP contribution < -0.4 is 0 Å². The molecule has 0 spiro atoms. The molecule has 0 saturated heterocycles. The molecule has 0 fully saturated rings. The van der Waals surface area contributed by atoms with Crippen molar-refractivity contribution < 1.29 is 7.86 Å². The normalized spacial score (nSPS) is 11.0. The lowest BCUT2D eigenvalue weighted by molar-refractivity contribution is 0.0795.